The maximum atomic E-state index is 5.34. The summed E-state index contributed by atoms with van der Waals surface area (Å²) in [6.07, 6.45) is 1.81. The molecule has 1 aromatic carbocycles. The van der Waals surface area contributed by atoms with Crippen LogP contribution in [0.15, 0.2) is 24.8 Å². The SMILES string of the molecule is C=Cc1ccc(OC(C)=S)c(C)c1. The summed E-state index contributed by atoms with van der Waals surface area (Å²) in [5.74, 6) is 0.818. The molecule has 0 N–H and O–H groups in total. The molecule has 0 unspecified atom stereocenters. The second-order valence-electron chi connectivity index (χ2n) is 2.82. The Morgan fingerprint density at radius 2 is 2.23 bits per heavy atom. The molecular weight excluding hydrogens is 180 g/mol. The van der Waals surface area contributed by atoms with Gasteiger partial charge in [0.15, 0.2) is 5.05 Å². The Morgan fingerprint density at radius 1 is 1.54 bits per heavy atom. The van der Waals surface area contributed by atoms with E-state index in [0.29, 0.717) is 5.05 Å². The Morgan fingerprint density at radius 3 is 2.69 bits per heavy atom. The summed E-state index contributed by atoms with van der Waals surface area (Å²) < 4.78 is 5.34. The van der Waals surface area contributed by atoms with Crippen molar-refractivity contribution >= 4 is 23.3 Å². The Kier molecular flexibility index (Phi) is 3.20. The van der Waals surface area contributed by atoms with Crippen LogP contribution in [0.1, 0.15) is 18.1 Å². The summed E-state index contributed by atoms with van der Waals surface area (Å²) in [6.45, 7) is 7.44. The molecule has 13 heavy (non-hydrogen) atoms. The van der Waals surface area contributed by atoms with Gasteiger partial charge in [0.2, 0.25) is 0 Å². The molecular formula is C11H12OS. The summed E-state index contributed by atoms with van der Waals surface area (Å²) in [5, 5.41) is 0.537. The molecule has 2 heteroatoms. The molecule has 0 fully saturated rings. The molecule has 1 nitrogen and oxygen atoms in total. The van der Waals surface area contributed by atoms with E-state index in [0.717, 1.165) is 16.9 Å². The number of rotatable bonds is 2. The van der Waals surface area contributed by atoms with Gasteiger partial charge in [-0.25, -0.2) is 0 Å². The molecule has 0 spiro atoms. The summed E-state index contributed by atoms with van der Waals surface area (Å²) in [6, 6.07) is 5.87. The predicted octanol–water partition coefficient (Wildman–Crippen LogP) is 3.36. The molecule has 0 radical (unpaired) electrons. The third-order valence-electron chi connectivity index (χ3n) is 1.69. The summed E-state index contributed by atoms with van der Waals surface area (Å²) in [5.41, 5.74) is 2.16. The molecule has 1 rings (SSSR count). The van der Waals surface area contributed by atoms with Gasteiger partial charge in [-0.1, -0.05) is 18.7 Å². The minimum atomic E-state index is 0.537. The first-order valence-electron chi connectivity index (χ1n) is 4.05. The van der Waals surface area contributed by atoms with E-state index < -0.39 is 0 Å². The smallest absolute Gasteiger partial charge is 0.164 e. The van der Waals surface area contributed by atoms with E-state index in [4.69, 9.17) is 17.0 Å². The van der Waals surface area contributed by atoms with Gasteiger partial charge in [0, 0.05) is 6.92 Å². The zero-order valence-corrected chi connectivity index (χ0v) is 8.65. The minimum Gasteiger partial charge on any atom is -0.450 e. The summed E-state index contributed by atoms with van der Waals surface area (Å²) >= 11 is 4.86. The van der Waals surface area contributed by atoms with Crippen LogP contribution in [-0.2, 0) is 0 Å². The Labute approximate surface area is 84.0 Å². The van der Waals surface area contributed by atoms with Crippen LogP contribution in [0.4, 0.5) is 0 Å². The van der Waals surface area contributed by atoms with Gasteiger partial charge in [0.25, 0.3) is 0 Å². The standard InChI is InChI=1S/C11H12OS/c1-4-10-5-6-11(8(2)7-10)12-9(3)13/h4-7H,1H2,2-3H3. The van der Waals surface area contributed by atoms with Crippen molar-refractivity contribution in [2.24, 2.45) is 0 Å². The molecule has 0 aromatic heterocycles. The van der Waals surface area contributed by atoms with Crippen molar-refractivity contribution < 1.29 is 4.74 Å². The first-order chi connectivity index (χ1) is 6.13. The second-order valence-corrected chi connectivity index (χ2v) is 3.40. The van der Waals surface area contributed by atoms with Crippen molar-refractivity contribution in [3.63, 3.8) is 0 Å². The van der Waals surface area contributed by atoms with E-state index in [2.05, 4.69) is 6.58 Å². The van der Waals surface area contributed by atoms with Crippen molar-refractivity contribution in [1.82, 2.24) is 0 Å². The van der Waals surface area contributed by atoms with E-state index in [1.807, 2.05) is 25.1 Å². The Hall–Kier alpha value is -1.15. The van der Waals surface area contributed by atoms with E-state index in [9.17, 15) is 0 Å². The van der Waals surface area contributed by atoms with Crippen molar-refractivity contribution in [3.05, 3.63) is 35.9 Å². The number of aryl methyl sites for hydroxylation is 1. The molecule has 0 aliphatic carbocycles. The first kappa shape index (κ1) is 9.93. The number of hydrogen-bond donors (Lipinski definition) is 0. The lowest BCUT2D eigenvalue weighted by molar-refractivity contribution is 0.556. The van der Waals surface area contributed by atoms with Crippen LogP contribution in [0.5, 0.6) is 5.75 Å². The van der Waals surface area contributed by atoms with Crippen LogP contribution in [0.3, 0.4) is 0 Å². The van der Waals surface area contributed by atoms with E-state index in [-0.39, 0.29) is 0 Å². The molecule has 1 aromatic rings. The van der Waals surface area contributed by atoms with Crippen LogP contribution in [-0.4, -0.2) is 5.05 Å². The van der Waals surface area contributed by atoms with Crippen LogP contribution >= 0.6 is 12.2 Å². The van der Waals surface area contributed by atoms with Crippen molar-refractivity contribution in [1.29, 1.82) is 0 Å². The van der Waals surface area contributed by atoms with Crippen molar-refractivity contribution in [3.8, 4) is 5.75 Å². The summed E-state index contributed by atoms with van der Waals surface area (Å²) in [7, 11) is 0. The van der Waals surface area contributed by atoms with Gasteiger partial charge in [-0.15, -0.1) is 0 Å². The monoisotopic (exact) mass is 192 g/mol. The number of thiocarbonyl (C=S) groups is 1. The fourth-order valence-corrected chi connectivity index (χ4v) is 1.16. The van der Waals surface area contributed by atoms with Crippen LogP contribution < -0.4 is 4.74 Å². The number of hydrogen-bond acceptors (Lipinski definition) is 2. The highest BCUT2D eigenvalue weighted by Gasteiger charge is 2.00. The van der Waals surface area contributed by atoms with Gasteiger partial charge < -0.3 is 4.74 Å². The summed E-state index contributed by atoms with van der Waals surface area (Å²) in [4.78, 5) is 0. The predicted molar refractivity (Wildman–Crippen MR) is 60.2 cm³/mol. The zero-order chi connectivity index (χ0) is 9.84. The van der Waals surface area contributed by atoms with Crippen LogP contribution in [0.25, 0.3) is 6.08 Å². The lowest BCUT2D eigenvalue weighted by Gasteiger charge is -2.06. The lowest BCUT2D eigenvalue weighted by Crippen LogP contribution is -2.00. The minimum absolute atomic E-state index is 0.537. The first-order valence-corrected chi connectivity index (χ1v) is 4.46. The van der Waals surface area contributed by atoms with Gasteiger partial charge in [0.05, 0.1) is 0 Å². The van der Waals surface area contributed by atoms with Gasteiger partial charge in [-0.3, -0.25) is 0 Å². The normalized spacial score (nSPS) is 9.38. The molecule has 0 aliphatic heterocycles. The molecule has 0 saturated carbocycles. The Bertz CT molecular complexity index is 342. The van der Waals surface area contributed by atoms with E-state index in [1.54, 1.807) is 13.0 Å². The fourth-order valence-electron chi connectivity index (χ4n) is 1.07. The topological polar surface area (TPSA) is 9.23 Å². The third kappa shape index (κ3) is 2.67. The molecule has 0 saturated heterocycles. The maximum absolute atomic E-state index is 5.34. The zero-order valence-electron chi connectivity index (χ0n) is 7.83. The molecule has 68 valence electrons. The third-order valence-corrected chi connectivity index (χ3v) is 1.77. The molecule has 0 amide bonds. The van der Waals surface area contributed by atoms with Gasteiger partial charge in [0.1, 0.15) is 5.75 Å². The van der Waals surface area contributed by atoms with Crippen molar-refractivity contribution in [2.45, 2.75) is 13.8 Å². The second kappa shape index (κ2) is 4.19. The molecule has 0 aliphatic rings. The Balaban J connectivity index is 2.98. The largest absolute Gasteiger partial charge is 0.450 e. The highest BCUT2D eigenvalue weighted by Crippen LogP contribution is 2.19. The average Bonchev–Trinajstić information content (AvgIpc) is 2.08. The van der Waals surface area contributed by atoms with Crippen LogP contribution in [0.2, 0.25) is 0 Å². The molecule has 0 bridgehead atoms. The number of benzene rings is 1. The van der Waals surface area contributed by atoms with E-state index >= 15 is 0 Å². The van der Waals surface area contributed by atoms with Gasteiger partial charge >= 0.3 is 0 Å². The van der Waals surface area contributed by atoms with Crippen LogP contribution in [0, 0.1) is 6.92 Å². The maximum Gasteiger partial charge on any atom is 0.164 e. The number of ether oxygens (including phenoxy) is 1. The molecule has 0 atom stereocenters. The highest BCUT2D eigenvalue weighted by molar-refractivity contribution is 7.80. The highest BCUT2D eigenvalue weighted by atomic mass is 32.1. The lowest BCUT2D eigenvalue weighted by atomic mass is 10.1. The fraction of sp³-hybridized carbons (Fsp3) is 0.182. The van der Waals surface area contributed by atoms with Crippen molar-refractivity contribution in [2.75, 3.05) is 0 Å². The van der Waals surface area contributed by atoms with Gasteiger partial charge in [-0.05, 0) is 42.4 Å². The molecule has 0 heterocycles. The average molecular weight is 192 g/mol. The quantitative estimate of drug-likeness (QED) is 0.664. The van der Waals surface area contributed by atoms with E-state index in [1.165, 1.54) is 0 Å². The van der Waals surface area contributed by atoms with Gasteiger partial charge in [-0.2, -0.15) is 0 Å².